The number of carboxylic acids is 1. The van der Waals surface area contributed by atoms with Gasteiger partial charge in [-0.1, -0.05) is 391 Å². The van der Waals surface area contributed by atoms with Crippen molar-refractivity contribution < 1.29 is 83.1 Å². The first-order valence-corrected chi connectivity index (χ1v) is 34.9. The summed E-state index contributed by atoms with van der Waals surface area (Å²) in [6, 6.07) is 129. The van der Waals surface area contributed by atoms with Crippen molar-refractivity contribution in [1.82, 2.24) is 0 Å². The van der Waals surface area contributed by atoms with E-state index in [1.807, 2.05) is 6.92 Å². The fourth-order valence-electron chi connectivity index (χ4n) is 9.67. The van der Waals surface area contributed by atoms with Crippen molar-refractivity contribution >= 4 is 101 Å². The van der Waals surface area contributed by atoms with Gasteiger partial charge in [-0.3, -0.25) is 4.79 Å². The van der Waals surface area contributed by atoms with Crippen LogP contribution in [0.1, 0.15) is 41.0 Å². The Bertz CT molecular complexity index is 2850. The number of aliphatic carboxylic acids is 1. The molecule has 0 aromatic heterocycles. The van der Waals surface area contributed by atoms with Crippen LogP contribution < -0.4 is 115 Å². The minimum Gasteiger partial charge on any atom is -1.00 e. The molecule has 0 aliphatic rings. The van der Waals surface area contributed by atoms with Gasteiger partial charge in [0.1, 0.15) is 0 Å². The average molecular weight is 1340 g/mol. The van der Waals surface area contributed by atoms with E-state index in [-0.39, 0.29) is 79.2 Å². The monoisotopic (exact) mass is 1340 g/mol. The number of hydrogen-bond donors (Lipinski definition) is 1. The molecule has 12 aromatic carbocycles. The third kappa shape index (κ3) is 22.9. The molecule has 0 radical (unpaired) electrons. The summed E-state index contributed by atoms with van der Waals surface area (Å²) in [7, 11) is -1.78. The van der Waals surface area contributed by atoms with Crippen LogP contribution in [0, 0.1) is 5.92 Å². The summed E-state index contributed by atoms with van der Waals surface area (Å²) in [5, 5.41) is 25.4. The summed E-state index contributed by atoms with van der Waals surface area (Å²) in [5.74, 6) is -0.754. The van der Waals surface area contributed by atoms with Gasteiger partial charge in [0.05, 0.1) is 5.92 Å². The van der Waals surface area contributed by atoms with Crippen molar-refractivity contribution in [1.29, 1.82) is 0 Å². The Morgan fingerprint density at radius 2 is 0.409 bits per heavy atom. The largest absolute Gasteiger partial charge is 1.00 e. The smallest absolute Gasteiger partial charge is 1.00 e. The van der Waals surface area contributed by atoms with Gasteiger partial charge in [-0.2, -0.15) is 0 Å². The van der Waals surface area contributed by atoms with Crippen LogP contribution in [0.15, 0.2) is 364 Å². The maximum atomic E-state index is 10.4. The standard InChI is InChI=1S/4C18H15P.C8H16O2.K.Pd.H/c4*1-4-10-16(11-5-1)19(17-12-6-2-7-13-17)18-14-8-3-9-15-18;1-3-5-6-7(4-2)8(9)10;;;/h4*1-15H;7H,3-6H2,1-2H3,(H,9,10);;;/q;;;;;+1;;-1. The van der Waals surface area contributed by atoms with Crippen LogP contribution in [-0.2, 0) is 25.2 Å². The predicted molar refractivity (Wildman–Crippen MR) is 383 cm³/mol. The molecule has 12 aromatic rings. The number of benzene rings is 12. The van der Waals surface area contributed by atoms with Gasteiger partial charge in [0.15, 0.2) is 0 Å². The minimum absolute atomic E-state index is 0. The zero-order valence-corrected chi connectivity index (χ0v) is 58.8. The molecule has 440 valence electrons. The van der Waals surface area contributed by atoms with Crippen LogP contribution in [0.3, 0.4) is 0 Å². The van der Waals surface area contributed by atoms with Crippen molar-refractivity contribution in [3.63, 3.8) is 0 Å². The van der Waals surface area contributed by atoms with Crippen LogP contribution in [0.5, 0.6) is 0 Å². The third-order valence-electron chi connectivity index (χ3n) is 13.9. The van der Waals surface area contributed by atoms with Crippen molar-refractivity contribution in [2.75, 3.05) is 0 Å². The first-order chi connectivity index (χ1) is 42.5. The summed E-state index contributed by atoms with van der Waals surface area (Å²) >= 11 is 0. The summed E-state index contributed by atoms with van der Waals surface area (Å²) < 4.78 is 0. The van der Waals surface area contributed by atoms with Gasteiger partial charge < -0.3 is 6.53 Å². The second-order valence-corrected chi connectivity index (χ2v) is 28.8. The molecule has 0 heterocycles. The fraction of sp³-hybridized carbons (Fsp3) is 0.0875. The zero-order chi connectivity index (χ0) is 59.6. The van der Waals surface area contributed by atoms with Gasteiger partial charge in [-0.05, 0) is 108 Å². The van der Waals surface area contributed by atoms with Gasteiger partial charge in [0, 0.05) is 20.4 Å². The van der Waals surface area contributed by atoms with Gasteiger partial charge in [-0.25, -0.2) is 0 Å². The van der Waals surface area contributed by atoms with Gasteiger partial charge in [0.25, 0.3) is 0 Å². The topological polar surface area (TPSA) is 37.3 Å². The van der Waals surface area contributed by atoms with Gasteiger partial charge >= 0.3 is 57.4 Å². The van der Waals surface area contributed by atoms with E-state index in [0.29, 0.717) is 0 Å². The molecule has 1 N–H and O–H groups in total. The van der Waals surface area contributed by atoms with E-state index >= 15 is 0 Å². The number of hydrogen-bond acceptors (Lipinski definition) is 1. The van der Waals surface area contributed by atoms with Crippen LogP contribution in [0.2, 0.25) is 0 Å². The molecule has 0 bridgehead atoms. The van der Waals surface area contributed by atoms with Gasteiger partial charge in [0.2, 0.25) is 0 Å². The number of carbonyl (C=O) groups is 1. The number of carboxylic acid groups (broad SMARTS) is 1. The molecule has 1 unspecified atom stereocenters. The van der Waals surface area contributed by atoms with E-state index in [1.54, 1.807) is 0 Å². The summed E-state index contributed by atoms with van der Waals surface area (Å²) in [4.78, 5) is 10.4. The molecule has 1 atom stereocenters. The van der Waals surface area contributed by atoms with Crippen LogP contribution in [0.25, 0.3) is 0 Å². The molecule has 0 saturated carbocycles. The second kappa shape index (κ2) is 41.4. The normalized spacial score (nSPS) is 10.6. The molecule has 8 heteroatoms. The maximum absolute atomic E-state index is 10.4. The Kier molecular flexibility index (Phi) is 33.5. The van der Waals surface area contributed by atoms with Gasteiger partial charge in [-0.15, -0.1) is 0 Å². The Balaban J connectivity index is 0.000000204. The van der Waals surface area contributed by atoms with Crippen molar-refractivity contribution in [2.24, 2.45) is 5.92 Å². The fourth-order valence-corrected chi connectivity index (χ4v) is 18.9. The summed E-state index contributed by atoms with van der Waals surface area (Å²) in [6.07, 6.45) is 3.71. The molecular formula is C80H77KO2P4Pd. The molecule has 0 amide bonds. The molecule has 0 fully saturated rings. The molecule has 0 spiro atoms. The predicted octanol–water partition coefficient (Wildman–Crippen LogP) is 13.2. The number of rotatable bonds is 17. The Morgan fingerprint density at radius 3 is 0.500 bits per heavy atom. The first kappa shape index (κ1) is 71.2. The van der Waals surface area contributed by atoms with Crippen LogP contribution >= 0.6 is 31.7 Å². The summed E-state index contributed by atoms with van der Waals surface area (Å²) in [6.45, 7) is 4.00. The van der Waals surface area contributed by atoms with E-state index < -0.39 is 37.7 Å². The maximum Gasteiger partial charge on any atom is 1.00 e. The van der Waals surface area contributed by atoms with E-state index in [0.717, 1.165) is 25.7 Å². The SMILES string of the molecule is CCCCC(CC)C(=O)O.[H-].[K+].[Pd].c1ccc(P(c2ccccc2)c2ccccc2)cc1.c1ccc(P(c2ccccc2)c2ccccc2)cc1.c1ccc(P(c2ccccc2)c2ccccc2)cc1.c1ccc(P(c2ccccc2)c2ccccc2)cc1. The molecular weight excluding hydrogens is 1260 g/mol. The summed E-state index contributed by atoms with van der Waals surface area (Å²) in [5.41, 5.74) is 0. The molecule has 12 rings (SSSR count). The molecule has 0 aliphatic carbocycles. The average Bonchev–Trinajstić information content (AvgIpc) is 3.26. The second-order valence-electron chi connectivity index (χ2n) is 20.0. The van der Waals surface area contributed by atoms with E-state index in [1.165, 1.54) is 63.7 Å². The van der Waals surface area contributed by atoms with E-state index in [4.69, 9.17) is 5.11 Å². The number of unbranched alkanes of at least 4 members (excludes halogenated alkanes) is 1. The molecule has 0 aliphatic heterocycles. The Hall–Kier alpha value is -5.87. The quantitative estimate of drug-likeness (QED) is 0.0729. The molecule has 2 nitrogen and oxygen atoms in total. The van der Waals surface area contributed by atoms with Crippen molar-refractivity contribution in [2.45, 2.75) is 39.5 Å². The van der Waals surface area contributed by atoms with Crippen LogP contribution in [-0.4, -0.2) is 11.1 Å². The molecule has 88 heavy (non-hydrogen) atoms. The van der Waals surface area contributed by atoms with E-state index in [2.05, 4.69) is 371 Å². The third-order valence-corrected chi connectivity index (χ3v) is 23.7. The first-order valence-electron chi connectivity index (χ1n) is 29.6. The zero-order valence-electron chi connectivity index (χ0n) is 51.5. The Morgan fingerprint density at radius 1 is 0.284 bits per heavy atom. The van der Waals surface area contributed by atoms with E-state index in [9.17, 15) is 4.79 Å². The van der Waals surface area contributed by atoms with Crippen LogP contribution in [0.4, 0.5) is 0 Å². The van der Waals surface area contributed by atoms with Crippen molar-refractivity contribution in [3.8, 4) is 0 Å². The minimum atomic E-state index is -0.643. The van der Waals surface area contributed by atoms with Crippen molar-refractivity contribution in [3.05, 3.63) is 364 Å². The molecule has 0 saturated heterocycles. The Labute approximate surface area is 587 Å².